The Morgan fingerprint density at radius 3 is 2.56 bits per heavy atom. The second-order valence-electron chi connectivity index (χ2n) is 7.43. The molecule has 0 bridgehead atoms. The highest BCUT2D eigenvalue weighted by molar-refractivity contribution is 6.06. The van der Waals surface area contributed by atoms with Crippen molar-refractivity contribution >= 4 is 11.6 Å². The Kier molecular flexibility index (Phi) is 7.62. The fourth-order valence-corrected chi connectivity index (χ4v) is 3.13. The lowest BCUT2D eigenvalue weighted by atomic mass is 10.2. The van der Waals surface area contributed by atoms with E-state index < -0.39 is 53.6 Å². The lowest BCUT2D eigenvalue weighted by molar-refractivity contribution is -0.190. The maximum Gasteiger partial charge on any atom is 0.425 e. The third kappa shape index (κ3) is 5.15. The number of nitrogens with one attached hydrogen (secondary N) is 1. The molecule has 3 rings (SSSR count). The molecule has 0 aromatic carbocycles. The highest BCUT2D eigenvalue weighted by Crippen LogP contribution is 2.30. The quantitative estimate of drug-likeness (QED) is 0.438. The molecule has 0 saturated heterocycles. The Bertz CT molecular complexity index is 1340. The van der Waals surface area contributed by atoms with Crippen LogP contribution in [0.2, 0.25) is 0 Å². The first-order valence-corrected chi connectivity index (χ1v) is 10.5. The molecule has 0 radical (unpaired) electrons. The van der Waals surface area contributed by atoms with E-state index in [-0.39, 0.29) is 23.9 Å². The van der Waals surface area contributed by atoms with Gasteiger partial charge in [0.2, 0.25) is 11.8 Å². The van der Waals surface area contributed by atoms with Gasteiger partial charge >= 0.3 is 11.9 Å². The normalized spacial score (nSPS) is 12.4. The number of ether oxygens (including phenoxy) is 2. The number of hydrogen-bond acceptors (Lipinski definition) is 8. The van der Waals surface area contributed by atoms with Crippen molar-refractivity contribution in [2.24, 2.45) is 0 Å². The van der Waals surface area contributed by atoms with Crippen LogP contribution in [-0.2, 0) is 13.2 Å². The number of aromatic nitrogens is 5. The van der Waals surface area contributed by atoms with Gasteiger partial charge in [0.15, 0.2) is 23.6 Å². The van der Waals surface area contributed by atoms with Gasteiger partial charge in [0.1, 0.15) is 17.9 Å². The average Bonchev–Trinajstić information content (AvgIpc) is 3.15. The fraction of sp³-hybridized carbons (Fsp3) is 0.381. The second-order valence-corrected chi connectivity index (χ2v) is 7.43. The highest BCUT2D eigenvalue weighted by atomic mass is 19.4. The number of aryl methyl sites for hydroxylation is 1. The van der Waals surface area contributed by atoms with E-state index in [0.29, 0.717) is 23.2 Å². The van der Waals surface area contributed by atoms with Gasteiger partial charge in [0, 0.05) is 12.7 Å². The van der Waals surface area contributed by atoms with E-state index >= 15 is 4.39 Å². The monoisotopic (exact) mass is 514 g/mol. The molecule has 0 unspecified atom stereocenters. The fourth-order valence-electron chi connectivity index (χ4n) is 3.13. The van der Waals surface area contributed by atoms with Crippen LogP contribution in [0.5, 0.6) is 11.8 Å². The van der Waals surface area contributed by atoms with Crippen LogP contribution in [-0.4, -0.2) is 54.7 Å². The van der Waals surface area contributed by atoms with Crippen molar-refractivity contribution in [3.8, 4) is 17.6 Å². The van der Waals surface area contributed by atoms with Gasteiger partial charge < -0.3 is 19.9 Å². The molecular formula is C21H22F4N6O5. The van der Waals surface area contributed by atoms with Crippen LogP contribution >= 0.6 is 0 Å². The molecule has 15 heteroatoms. The van der Waals surface area contributed by atoms with Crippen LogP contribution in [0.1, 0.15) is 35.6 Å². The zero-order valence-electron chi connectivity index (χ0n) is 19.6. The van der Waals surface area contributed by atoms with Crippen LogP contribution in [0.25, 0.3) is 5.82 Å². The Hall–Kier alpha value is -4.01. The molecule has 3 heterocycles. The van der Waals surface area contributed by atoms with E-state index in [1.807, 2.05) is 0 Å². The number of carbonyl (C=O) groups is 1. The molecule has 0 saturated carbocycles. The summed E-state index contributed by atoms with van der Waals surface area (Å²) < 4.78 is 66.3. The van der Waals surface area contributed by atoms with E-state index in [1.54, 1.807) is 19.9 Å². The summed E-state index contributed by atoms with van der Waals surface area (Å²) in [6, 6.07) is 2.11. The van der Waals surface area contributed by atoms with Gasteiger partial charge in [-0.05, 0) is 38.5 Å². The zero-order valence-corrected chi connectivity index (χ0v) is 19.6. The molecule has 3 aromatic heterocycles. The summed E-state index contributed by atoms with van der Waals surface area (Å²) in [7, 11) is 1.29. The van der Waals surface area contributed by atoms with Crippen molar-refractivity contribution in [3.05, 3.63) is 51.6 Å². The summed E-state index contributed by atoms with van der Waals surface area (Å²) in [5.74, 6) is -4.18. The van der Waals surface area contributed by atoms with Crippen molar-refractivity contribution in [1.82, 2.24) is 24.3 Å². The van der Waals surface area contributed by atoms with Crippen LogP contribution in [0.3, 0.4) is 0 Å². The Morgan fingerprint density at radius 1 is 1.31 bits per heavy atom. The maximum atomic E-state index is 15.1. The minimum absolute atomic E-state index is 0.00715. The van der Waals surface area contributed by atoms with Gasteiger partial charge in [-0.25, -0.2) is 14.2 Å². The molecule has 0 aliphatic carbocycles. The molecular weight excluding hydrogens is 492 g/mol. The standard InChI is InChI=1S/C21H22F4N6O5/c1-5-30-14(9-32)29-31(20(30)34)16-13(22)8-12(18(28-16)36-11(3)21(23,24)25)17(33)27-15-10(2)6-7-26-19(15)35-4/h6-8,11,32H,5,9H2,1-4H3,(H,27,33)/t11-/m0/s1. The number of anilines is 1. The van der Waals surface area contributed by atoms with Crippen molar-refractivity contribution in [1.29, 1.82) is 0 Å². The third-order valence-corrected chi connectivity index (χ3v) is 5.07. The molecule has 11 nitrogen and oxygen atoms in total. The predicted octanol–water partition coefficient (Wildman–Crippen LogP) is 2.37. The van der Waals surface area contributed by atoms with E-state index in [0.717, 1.165) is 4.57 Å². The van der Waals surface area contributed by atoms with Gasteiger partial charge in [-0.1, -0.05) is 0 Å². The summed E-state index contributed by atoms with van der Waals surface area (Å²) in [5, 5.41) is 15.6. The Labute approximate surface area is 201 Å². The number of methoxy groups -OCH3 is 1. The molecule has 194 valence electrons. The van der Waals surface area contributed by atoms with E-state index in [1.165, 1.54) is 13.3 Å². The molecule has 0 aliphatic heterocycles. The van der Waals surface area contributed by atoms with Crippen LogP contribution < -0.4 is 20.5 Å². The topological polar surface area (TPSA) is 133 Å². The van der Waals surface area contributed by atoms with Gasteiger partial charge in [0.25, 0.3) is 5.91 Å². The Balaban J connectivity index is 2.16. The van der Waals surface area contributed by atoms with Crippen molar-refractivity contribution < 1.29 is 36.9 Å². The smallest absolute Gasteiger partial charge is 0.425 e. The number of carbonyl (C=O) groups excluding carboxylic acids is 1. The maximum absolute atomic E-state index is 15.1. The lowest BCUT2D eigenvalue weighted by Crippen LogP contribution is -2.33. The first-order chi connectivity index (χ1) is 16.9. The molecule has 0 spiro atoms. The number of pyridine rings is 2. The first-order valence-electron chi connectivity index (χ1n) is 10.5. The average molecular weight is 514 g/mol. The minimum Gasteiger partial charge on any atom is -0.480 e. The molecule has 2 N–H and O–H groups in total. The van der Waals surface area contributed by atoms with Crippen molar-refractivity contribution in [2.45, 2.75) is 46.2 Å². The molecule has 36 heavy (non-hydrogen) atoms. The van der Waals surface area contributed by atoms with E-state index in [2.05, 4.69) is 20.4 Å². The predicted molar refractivity (Wildman–Crippen MR) is 117 cm³/mol. The summed E-state index contributed by atoms with van der Waals surface area (Å²) in [5.41, 5.74) is -1.01. The lowest BCUT2D eigenvalue weighted by Gasteiger charge is -2.20. The number of alkyl halides is 3. The SMILES string of the molecule is CCn1c(CO)nn(-c2nc(O[C@@H](C)C(F)(F)F)c(C(=O)Nc3c(C)ccnc3OC)cc2F)c1=O. The van der Waals surface area contributed by atoms with E-state index in [9.17, 15) is 27.9 Å². The van der Waals surface area contributed by atoms with Gasteiger partial charge in [-0.2, -0.15) is 22.8 Å². The van der Waals surface area contributed by atoms with Crippen LogP contribution in [0, 0.1) is 12.7 Å². The molecule has 0 fully saturated rings. The number of nitrogens with zero attached hydrogens (tertiary/aromatic N) is 5. The summed E-state index contributed by atoms with van der Waals surface area (Å²) >= 11 is 0. The minimum atomic E-state index is -4.85. The largest absolute Gasteiger partial charge is 0.480 e. The van der Waals surface area contributed by atoms with Crippen molar-refractivity contribution in [2.75, 3.05) is 12.4 Å². The molecule has 1 amide bonds. The highest BCUT2D eigenvalue weighted by Gasteiger charge is 2.39. The Morgan fingerprint density at radius 2 is 2.00 bits per heavy atom. The number of amides is 1. The first kappa shape index (κ1) is 26.6. The van der Waals surface area contributed by atoms with Crippen molar-refractivity contribution in [3.63, 3.8) is 0 Å². The summed E-state index contributed by atoms with van der Waals surface area (Å²) in [4.78, 5) is 33.3. The zero-order chi connectivity index (χ0) is 26.8. The van der Waals surface area contributed by atoms with Gasteiger partial charge in [-0.15, -0.1) is 5.10 Å². The molecule has 0 aliphatic rings. The van der Waals surface area contributed by atoms with E-state index in [4.69, 9.17) is 9.47 Å². The number of hydrogen-bond donors (Lipinski definition) is 2. The number of aliphatic hydroxyl groups is 1. The molecule has 1 atom stereocenters. The van der Waals surface area contributed by atoms with Gasteiger partial charge in [-0.3, -0.25) is 9.36 Å². The summed E-state index contributed by atoms with van der Waals surface area (Å²) in [6.45, 7) is 3.25. The third-order valence-electron chi connectivity index (χ3n) is 5.07. The summed E-state index contributed by atoms with van der Waals surface area (Å²) in [6.07, 6.45) is -5.88. The van der Waals surface area contributed by atoms with Gasteiger partial charge in [0.05, 0.1) is 7.11 Å². The number of rotatable bonds is 8. The molecule has 3 aromatic rings. The second kappa shape index (κ2) is 10.3. The van der Waals surface area contributed by atoms with Crippen LogP contribution in [0.4, 0.5) is 23.2 Å². The number of aliphatic hydroxyl groups excluding tert-OH is 1. The number of halogens is 4. The van der Waals surface area contributed by atoms with Crippen LogP contribution in [0.15, 0.2) is 23.1 Å².